The number of hydrogen-bond donors (Lipinski definition) is 3. The second kappa shape index (κ2) is 9.21. The van der Waals surface area contributed by atoms with Gasteiger partial charge in [0.2, 0.25) is 0 Å². The third kappa shape index (κ3) is 4.48. The average molecular weight is 461 g/mol. The van der Waals surface area contributed by atoms with Crippen molar-refractivity contribution < 1.29 is 19.4 Å². The van der Waals surface area contributed by atoms with Crippen LogP contribution in [-0.2, 0) is 0 Å². The average Bonchev–Trinajstić information content (AvgIpc) is 3.31. The molecule has 176 valence electrons. The van der Waals surface area contributed by atoms with Gasteiger partial charge in [-0.15, -0.1) is 0 Å². The van der Waals surface area contributed by atoms with E-state index in [2.05, 4.69) is 15.7 Å². The number of phenolic OH excluding ortho intramolecular Hbond substituents is 1. The molecule has 0 spiro atoms. The Morgan fingerprint density at radius 2 is 1.82 bits per heavy atom. The van der Waals surface area contributed by atoms with Crippen molar-refractivity contribution in [1.82, 2.24) is 15.1 Å². The maximum atomic E-state index is 12.8. The Labute approximate surface area is 197 Å². The lowest BCUT2D eigenvalue weighted by molar-refractivity contribution is 0.102. The summed E-state index contributed by atoms with van der Waals surface area (Å²) >= 11 is 0. The van der Waals surface area contributed by atoms with E-state index in [-0.39, 0.29) is 29.6 Å². The second-order valence-corrected chi connectivity index (χ2v) is 8.96. The van der Waals surface area contributed by atoms with E-state index in [4.69, 9.17) is 4.74 Å². The molecule has 1 heterocycles. The number of anilines is 1. The molecule has 0 atom stereocenters. The van der Waals surface area contributed by atoms with Crippen LogP contribution in [0.2, 0.25) is 0 Å². The molecular weight excluding hydrogens is 432 g/mol. The molecule has 0 bridgehead atoms. The highest BCUT2D eigenvalue weighted by Crippen LogP contribution is 2.38. The number of methoxy groups -OCH3 is 1. The van der Waals surface area contributed by atoms with E-state index < -0.39 is 0 Å². The predicted octanol–water partition coefficient (Wildman–Crippen LogP) is 4.89. The Bertz CT molecular complexity index is 1230. The first-order valence-electron chi connectivity index (χ1n) is 11.7. The Kier molecular flexibility index (Phi) is 5.96. The van der Waals surface area contributed by atoms with Crippen molar-refractivity contribution in [3.8, 4) is 22.8 Å². The molecule has 8 heteroatoms. The molecule has 2 aromatic carbocycles. The molecule has 3 N–H and O–H groups in total. The summed E-state index contributed by atoms with van der Waals surface area (Å²) in [6.07, 6.45) is 6.34. The normalized spacial score (nSPS) is 15.8. The fraction of sp³-hybridized carbons (Fsp3) is 0.346. The van der Waals surface area contributed by atoms with E-state index in [1.807, 2.05) is 6.07 Å². The van der Waals surface area contributed by atoms with Gasteiger partial charge in [-0.05, 0) is 56.0 Å². The maximum Gasteiger partial charge on any atom is 0.342 e. The van der Waals surface area contributed by atoms with E-state index in [1.54, 1.807) is 36.4 Å². The topological polar surface area (TPSA) is 105 Å². The first-order valence-corrected chi connectivity index (χ1v) is 11.7. The molecule has 2 fully saturated rings. The van der Waals surface area contributed by atoms with E-state index in [0.29, 0.717) is 28.3 Å². The summed E-state index contributed by atoms with van der Waals surface area (Å²) in [6, 6.07) is 13.8. The van der Waals surface area contributed by atoms with Gasteiger partial charge in [0.15, 0.2) is 0 Å². The molecule has 0 radical (unpaired) electrons. The zero-order valence-electron chi connectivity index (χ0n) is 19.1. The van der Waals surface area contributed by atoms with Gasteiger partial charge in [-0.3, -0.25) is 4.79 Å². The van der Waals surface area contributed by atoms with Gasteiger partial charge in [0.25, 0.3) is 5.91 Å². The number of nitrogens with zero attached hydrogens (tertiary/aromatic N) is 2. The quantitative estimate of drug-likeness (QED) is 0.486. The van der Waals surface area contributed by atoms with Gasteiger partial charge in [0, 0.05) is 29.3 Å². The van der Waals surface area contributed by atoms with Crippen LogP contribution < -0.4 is 15.4 Å². The molecule has 2 aliphatic rings. The van der Waals surface area contributed by atoms with Crippen molar-refractivity contribution in [3.05, 3.63) is 59.8 Å². The fourth-order valence-corrected chi connectivity index (χ4v) is 4.52. The number of hydrogen-bond acceptors (Lipinski definition) is 5. The van der Waals surface area contributed by atoms with E-state index >= 15 is 0 Å². The molecule has 1 aromatic heterocycles. The number of amides is 2. The van der Waals surface area contributed by atoms with Crippen molar-refractivity contribution in [3.63, 3.8) is 0 Å². The van der Waals surface area contributed by atoms with Gasteiger partial charge in [-0.2, -0.15) is 9.78 Å². The molecular formula is C26H28N4O4. The number of carbonyl (C=O) groups is 2. The summed E-state index contributed by atoms with van der Waals surface area (Å²) in [7, 11) is 1.51. The summed E-state index contributed by atoms with van der Waals surface area (Å²) in [5.74, 6) is 0.389. The Hall–Kier alpha value is -3.81. The summed E-state index contributed by atoms with van der Waals surface area (Å²) in [6.45, 7) is 0. The van der Waals surface area contributed by atoms with Gasteiger partial charge in [0.05, 0.1) is 24.1 Å². The minimum Gasteiger partial charge on any atom is -0.507 e. The van der Waals surface area contributed by atoms with Crippen LogP contribution in [0.1, 0.15) is 60.5 Å². The smallest absolute Gasteiger partial charge is 0.342 e. The Balaban J connectivity index is 1.40. The molecule has 5 rings (SSSR count). The highest BCUT2D eigenvalue weighted by molar-refractivity contribution is 6.06. The number of aromatic nitrogens is 2. The lowest BCUT2D eigenvalue weighted by Crippen LogP contribution is -2.32. The SMILES string of the molecule is COc1ccccc1C(=O)Nc1ccc(-c2cc(C3CCCC3)n(C(=O)NC3CC3)n2)c(O)c1. The van der Waals surface area contributed by atoms with Crippen LogP contribution in [0, 0.1) is 0 Å². The number of aromatic hydroxyl groups is 1. The summed E-state index contributed by atoms with van der Waals surface area (Å²) in [4.78, 5) is 25.5. The monoisotopic (exact) mass is 460 g/mol. The predicted molar refractivity (Wildman–Crippen MR) is 128 cm³/mol. The Morgan fingerprint density at radius 3 is 2.53 bits per heavy atom. The fourth-order valence-electron chi connectivity index (χ4n) is 4.52. The van der Waals surface area contributed by atoms with Gasteiger partial charge < -0.3 is 20.5 Å². The van der Waals surface area contributed by atoms with Gasteiger partial charge in [-0.1, -0.05) is 25.0 Å². The number of nitrogens with one attached hydrogen (secondary N) is 2. The highest BCUT2D eigenvalue weighted by Gasteiger charge is 2.29. The van der Waals surface area contributed by atoms with Gasteiger partial charge >= 0.3 is 6.03 Å². The number of para-hydroxylation sites is 1. The van der Waals surface area contributed by atoms with Crippen molar-refractivity contribution in [2.24, 2.45) is 0 Å². The largest absolute Gasteiger partial charge is 0.507 e. The lowest BCUT2D eigenvalue weighted by Gasteiger charge is -2.11. The maximum absolute atomic E-state index is 12.8. The standard InChI is InChI=1S/C26H28N4O4/c1-34-24-9-5-4-8-20(24)25(32)27-18-12-13-19(23(31)14-18)21-15-22(16-6-2-3-7-16)30(29-21)26(33)28-17-10-11-17/h4-5,8-9,12-17,31H,2-3,6-7,10-11H2,1H3,(H,27,32)(H,28,33). The van der Waals surface area contributed by atoms with Crippen LogP contribution in [0.5, 0.6) is 11.5 Å². The number of benzene rings is 2. The molecule has 2 saturated carbocycles. The third-order valence-electron chi connectivity index (χ3n) is 6.49. The molecule has 34 heavy (non-hydrogen) atoms. The van der Waals surface area contributed by atoms with Crippen molar-refractivity contribution >= 4 is 17.6 Å². The number of ether oxygens (including phenoxy) is 1. The van der Waals surface area contributed by atoms with Crippen LogP contribution in [0.4, 0.5) is 10.5 Å². The summed E-state index contributed by atoms with van der Waals surface area (Å²) in [5.41, 5.74) is 2.77. The minimum atomic E-state index is -0.339. The lowest BCUT2D eigenvalue weighted by atomic mass is 10.0. The zero-order chi connectivity index (χ0) is 23.7. The molecule has 0 aliphatic heterocycles. The molecule has 2 amide bonds. The van der Waals surface area contributed by atoms with Crippen molar-refractivity contribution in [1.29, 1.82) is 0 Å². The van der Waals surface area contributed by atoms with Crippen LogP contribution in [0.25, 0.3) is 11.3 Å². The number of carbonyl (C=O) groups excluding carboxylic acids is 2. The van der Waals surface area contributed by atoms with Gasteiger partial charge in [0.1, 0.15) is 11.5 Å². The van der Waals surface area contributed by atoms with Crippen molar-refractivity contribution in [2.45, 2.75) is 50.5 Å². The van der Waals surface area contributed by atoms with E-state index in [0.717, 1.165) is 44.2 Å². The van der Waals surface area contributed by atoms with Crippen LogP contribution >= 0.6 is 0 Å². The van der Waals surface area contributed by atoms with Gasteiger partial charge in [-0.25, -0.2) is 4.79 Å². The highest BCUT2D eigenvalue weighted by atomic mass is 16.5. The molecule has 3 aromatic rings. The minimum absolute atomic E-state index is 0.0250. The third-order valence-corrected chi connectivity index (χ3v) is 6.49. The molecule has 0 saturated heterocycles. The first-order chi connectivity index (χ1) is 16.5. The number of rotatable bonds is 6. The van der Waals surface area contributed by atoms with E-state index in [9.17, 15) is 14.7 Å². The van der Waals surface area contributed by atoms with Crippen LogP contribution in [-0.4, -0.2) is 40.0 Å². The zero-order valence-corrected chi connectivity index (χ0v) is 19.1. The summed E-state index contributed by atoms with van der Waals surface area (Å²) in [5, 5.41) is 21.1. The Morgan fingerprint density at radius 1 is 1.06 bits per heavy atom. The second-order valence-electron chi connectivity index (χ2n) is 8.96. The molecule has 8 nitrogen and oxygen atoms in total. The van der Waals surface area contributed by atoms with E-state index in [1.165, 1.54) is 17.9 Å². The van der Waals surface area contributed by atoms with Crippen molar-refractivity contribution in [2.75, 3.05) is 12.4 Å². The number of phenols is 1. The van der Waals surface area contributed by atoms with Crippen LogP contribution in [0.3, 0.4) is 0 Å². The molecule has 2 aliphatic carbocycles. The summed E-state index contributed by atoms with van der Waals surface area (Å²) < 4.78 is 6.73. The first kappa shape index (κ1) is 22.0. The van der Waals surface area contributed by atoms with Crippen LogP contribution in [0.15, 0.2) is 48.5 Å². The molecule has 0 unspecified atom stereocenters.